The predicted molar refractivity (Wildman–Crippen MR) is 235 cm³/mol. The molecule has 1 atom stereocenters. The van der Waals surface area contributed by atoms with Crippen molar-refractivity contribution in [1.82, 2.24) is 9.97 Å². The van der Waals surface area contributed by atoms with Crippen molar-refractivity contribution in [2.45, 2.75) is 15.2 Å². The largest absolute Gasteiger partial charge is 0.228 e. The molecule has 4 heteroatoms. The summed E-state index contributed by atoms with van der Waals surface area (Å²) in [5.41, 5.74) is 17.2. The van der Waals surface area contributed by atoms with Crippen molar-refractivity contribution in [2.75, 3.05) is 0 Å². The summed E-state index contributed by atoms with van der Waals surface area (Å²) >= 11 is 1.86. The van der Waals surface area contributed by atoms with Crippen LogP contribution in [0.1, 0.15) is 27.8 Å². The summed E-state index contributed by atoms with van der Waals surface area (Å²) in [4.78, 5) is 12.6. The topological polar surface area (TPSA) is 49.6 Å². The first-order valence-corrected chi connectivity index (χ1v) is 20.3. The van der Waals surface area contributed by atoms with Gasteiger partial charge in [-0.2, -0.15) is 5.26 Å². The molecule has 0 fully saturated rings. The van der Waals surface area contributed by atoms with Crippen LogP contribution in [0.4, 0.5) is 0 Å². The smallest absolute Gasteiger partial charge is 0.160 e. The van der Waals surface area contributed by atoms with Gasteiger partial charge in [-0.1, -0.05) is 169 Å². The van der Waals surface area contributed by atoms with E-state index in [-0.39, 0.29) is 0 Å². The highest BCUT2D eigenvalue weighted by molar-refractivity contribution is 7.99. The number of aromatic nitrogens is 2. The molecule has 0 saturated carbocycles. The van der Waals surface area contributed by atoms with Crippen molar-refractivity contribution in [1.29, 1.82) is 5.26 Å². The van der Waals surface area contributed by atoms with Gasteiger partial charge in [0.2, 0.25) is 0 Å². The molecule has 0 N–H and O–H groups in total. The van der Waals surface area contributed by atoms with E-state index in [0.717, 1.165) is 50.3 Å². The first-order valence-electron chi connectivity index (χ1n) is 19.4. The molecule has 0 radical (unpaired) electrons. The molecular formula is C54H33N3S. The predicted octanol–water partition coefficient (Wildman–Crippen LogP) is 13.5. The fraction of sp³-hybridized carbons (Fsp3) is 0.0185. The number of nitrogens with zero attached hydrogens (tertiary/aromatic N) is 3. The first-order chi connectivity index (χ1) is 28.7. The Morgan fingerprint density at radius 1 is 0.379 bits per heavy atom. The van der Waals surface area contributed by atoms with Gasteiger partial charge in [0, 0.05) is 26.5 Å². The molecule has 270 valence electrons. The summed E-state index contributed by atoms with van der Waals surface area (Å²) in [5, 5.41) is 9.49. The summed E-state index contributed by atoms with van der Waals surface area (Å²) < 4.78 is 0. The van der Waals surface area contributed by atoms with Crippen LogP contribution in [0.2, 0.25) is 0 Å². The summed E-state index contributed by atoms with van der Waals surface area (Å²) in [6.07, 6.45) is 0. The van der Waals surface area contributed by atoms with E-state index in [0.29, 0.717) is 11.4 Å². The Kier molecular flexibility index (Phi) is 8.03. The molecule has 2 aliphatic rings. The number of benzene rings is 8. The molecule has 1 aliphatic heterocycles. The molecule has 58 heavy (non-hydrogen) atoms. The molecule has 1 aromatic heterocycles. The molecule has 8 aromatic carbocycles. The zero-order valence-corrected chi connectivity index (χ0v) is 32.1. The molecule has 0 amide bonds. The van der Waals surface area contributed by atoms with Gasteiger partial charge in [0.15, 0.2) is 5.82 Å². The van der Waals surface area contributed by atoms with Gasteiger partial charge < -0.3 is 0 Å². The summed E-state index contributed by atoms with van der Waals surface area (Å²) in [7, 11) is 0. The lowest BCUT2D eigenvalue weighted by molar-refractivity contribution is 0.723. The second-order valence-electron chi connectivity index (χ2n) is 14.8. The van der Waals surface area contributed by atoms with E-state index in [1.807, 2.05) is 60.3 Å². The third-order valence-corrected chi connectivity index (χ3v) is 12.8. The average Bonchev–Trinajstić information content (AvgIpc) is 3.59. The summed E-state index contributed by atoms with van der Waals surface area (Å²) in [6.45, 7) is 0. The minimum Gasteiger partial charge on any atom is -0.228 e. The van der Waals surface area contributed by atoms with Crippen molar-refractivity contribution in [3.05, 3.63) is 228 Å². The highest BCUT2D eigenvalue weighted by atomic mass is 32.2. The van der Waals surface area contributed by atoms with Gasteiger partial charge >= 0.3 is 0 Å². The van der Waals surface area contributed by atoms with Crippen LogP contribution < -0.4 is 0 Å². The highest BCUT2D eigenvalue weighted by Gasteiger charge is 2.50. The Morgan fingerprint density at radius 2 is 0.879 bits per heavy atom. The first kappa shape index (κ1) is 34.0. The Labute approximate surface area is 342 Å². The van der Waals surface area contributed by atoms with Crippen molar-refractivity contribution < 1.29 is 0 Å². The quantitative estimate of drug-likeness (QED) is 0.175. The number of hydrogen-bond acceptors (Lipinski definition) is 4. The van der Waals surface area contributed by atoms with Crippen LogP contribution in [0.5, 0.6) is 0 Å². The van der Waals surface area contributed by atoms with Crippen LogP contribution in [0, 0.1) is 11.3 Å². The molecule has 1 spiro atoms. The SMILES string of the molecule is N#Cc1ccc(-c2ccc3c(c2)C2(c4ccccc4Sc4ccc(-c5ccc(-c6cc(-c7ccccc7)nc(-c7ccccc7)n6)cc5)cc42)c2ccccc2-3)cc1. The molecule has 0 saturated heterocycles. The normalized spacial score (nSPS) is 14.5. The van der Waals surface area contributed by atoms with Crippen LogP contribution in [0.3, 0.4) is 0 Å². The number of fused-ring (bicyclic) bond motifs is 9. The highest BCUT2D eigenvalue weighted by Crippen LogP contribution is 2.62. The van der Waals surface area contributed by atoms with E-state index in [4.69, 9.17) is 9.97 Å². The van der Waals surface area contributed by atoms with Gasteiger partial charge in [0.25, 0.3) is 0 Å². The Hall–Kier alpha value is -7.32. The van der Waals surface area contributed by atoms with Crippen LogP contribution in [0.15, 0.2) is 210 Å². The number of hydrogen-bond donors (Lipinski definition) is 0. The van der Waals surface area contributed by atoms with Gasteiger partial charge in [-0.15, -0.1) is 0 Å². The molecule has 3 nitrogen and oxygen atoms in total. The fourth-order valence-corrected chi connectivity index (χ4v) is 10.1. The van der Waals surface area contributed by atoms with E-state index >= 15 is 0 Å². The van der Waals surface area contributed by atoms with Crippen molar-refractivity contribution in [3.63, 3.8) is 0 Å². The van der Waals surface area contributed by atoms with Crippen LogP contribution >= 0.6 is 11.8 Å². The van der Waals surface area contributed by atoms with Crippen molar-refractivity contribution in [2.24, 2.45) is 0 Å². The molecule has 2 heterocycles. The Bertz CT molecular complexity index is 3020. The van der Waals surface area contributed by atoms with E-state index in [9.17, 15) is 5.26 Å². The minimum atomic E-state index is -0.524. The average molecular weight is 756 g/mol. The van der Waals surface area contributed by atoms with E-state index in [2.05, 4.69) is 158 Å². The van der Waals surface area contributed by atoms with Crippen molar-refractivity contribution in [3.8, 4) is 73.4 Å². The zero-order chi connectivity index (χ0) is 38.6. The third kappa shape index (κ3) is 5.44. The number of nitriles is 1. The van der Waals surface area contributed by atoms with Gasteiger partial charge in [-0.05, 0) is 98.1 Å². The van der Waals surface area contributed by atoms with Crippen LogP contribution in [-0.4, -0.2) is 9.97 Å². The Balaban J connectivity index is 1.06. The second kappa shape index (κ2) is 13.7. The van der Waals surface area contributed by atoms with Crippen LogP contribution in [-0.2, 0) is 5.41 Å². The minimum absolute atomic E-state index is 0.524. The maximum Gasteiger partial charge on any atom is 0.160 e. The molecule has 0 bridgehead atoms. The summed E-state index contributed by atoms with van der Waals surface area (Å²) in [5.74, 6) is 0.707. The molecule has 1 unspecified atom stereocenters. The lowest BCUT2D eigenvalue weighted by atomic mass is 9.66. The Morgan fingerprint density at radius 3 is 1.59 bits per heavy atom. The monoisotopic (exact) mass is 755 g/mol. The van der Waals surface area contributed by atoms with E-state index in [1.54, 1.807) is 0 Å². The fourth-order valence-electron chi connectivity index (χ4n) is 8.90. The zero-order valence-electron chi connectivity index (χ0n) is 31.3. The van der Waals surface area contributed by atoms with Crippen LogP contribution in [0.25, 0.3) is 67.3 Å². The van der Waals surface area contributed by atoms with E-state index in [1.165, 1.54) is 43.2 Å². The lowest BCUT2D eigenvalue weighted by Crippen LogP contribution is -2.32. The van der Waals surface area contributed by atoms with Crippen molar-refractivity contribution >= 4 is 11.8 Å². The van der Waals surface area contributed by atoms with Gasteiger partial charge in [-0.3, -0.25) is 0 Å². The van der Waals surface area contributed by atoms with Gasteiger partial charge in [0.05, 0.1) is 28.4 Å². The third-order valence-electron chi connectivity index (χ3n) is 11.6. The maximum absolute atomic E-state index is 9.49. The number of rotatable bonds is 5. The molecule has 11 rings (SSSR count). The van der Waals surface area contributed by atoms with E-state index < -0.39 is 5.41 Å². The molecule has 1 aliphatic carbocycles. The summed E-state index contributed by atoms with van der Waals surface area (Å²) in [6, 6.07) is 73.4. The molecule has 9 aromatic rings. The van der Waals surface area contributed by atoms with Gasteiger partial charge in [-0.25, -0.2) is 9.97 Å². The lowest BCUT2D eigenvalue weighted by Gasteiger charge is -2.40. The standard InChI is InChI=1S/C54H33N3S/c55-34-35-19-21-36(22-20-35)41-27-29-44-43-15-7-8-16-45(43)54(47(44)31-41)46-17-9-10-18-51(46)58-52-30-28-42(32-48(52)54)37-23-25-39(26-24-37)50-33-49(38-11-3-1-4-12-38)56-53(57-50)40-13-5-2-6-14-40/h1-33H. The van der Waals surface area contributed by atoms with Gasteiger partial charge in [0.1, 0.15) is 0 Å². The maximum atomic E-state index is 9.49. The second-order valence-corrected chi connectivity index (χ2v) is 15.9. The molecular weight excluding hydrogens is 723 g/mol.